The van der Waals surface area contributed by atoms with E-state index in [9.17, 15) is 0 Å². The third-order valence-corrected chi connectivity index (χ3v) is 2.92. The van der Waals surface area contributed by atoms with E-state index in [4.69, 9.17) is 17.3 Å². The van der Waals surface area contributed by atoms with E-state index in [-0.39, 0.29) is 0 Å². The van der Waals surface area contributed by atoms with E-state index < -0.39 is 0 Å². The van der Waals surface area contributed by atoms with Crippen LogP contribution in [0, 0.1) is 3.57 Å². The summed E-state index contributed by atoms with van der Waals surface area (Å²) in [4.78, 5) is 0. The summed E-state index contributed by atoms with van der Waals surface area (Å²) in [5, 5.41) is 0.783. The molecule has 0 fully saturated rings. The first-order valence-corrected chi connectivity index (χ1v) is 4.34. The molecule has 0 atom stereocenters. The second-order valence-electron chi connectivity index (χ2n) is 1.92. The van der Waals surface area contributed by atoms with Crippen LogP contribution in [0.4, 0.5) is 0 Å². The second-order valence-corrected chi connectivity index (χ2v) is 3.46. The SMILES string of the molecule is NCc1cccc(I)c1Cl. The average Bonchev–Trinajstić information content (AvgIpc) is 1.95. The van der Waals surface area contributed by atoms with Gasteiger partial charge in [-0.2, -0.15) is 0 Å². The van der Waals surface area contributed by atoms with E-state index in [2.05, 4.69) is 22.6 Å². The largest absolute Gasteiger partial charge is 0.326 e. The highest BCUT2D eigenvalue weighted by Gasteiger charge is 1.99. The molecule has 0 saturated carbocycles. The Hall–Kier alpha value is 0.200. The van der Waals surface area contributed by atoms with Gasteiger partial charge in [0.25, 0.3) is 0 Å². The number of hydrogen-bond donors (Lipinski definition) is 1. The Morgan fingerprint density at radius 1 is 1.50 bits per heavy atom. The third-order valence-electron chi connectivity index (χ3n) is 1.25. The predicted octanol–water partition coefficient (Wildman–Crippen LogP) is 2.40. The maximum Gasteiger partial charge on any atom is 0.0584 e. The molecule has 10 heavy (non-hydrogen) atoms. The molecule has 0 spiro atoms. The molecule has 1 rings (SSSR count). The zero-order valence-corrected chi connectivity index (χ0v) is 8.19. The Balaban J connectivity index is 3.14. The molecule has 0 aliphatic carbocycles. The molecule has 0 aromatic heterocycles. The molecule has 0 unspecified atom stereocenters. The van der Waals surface area contributed by atoms with Crippen LogP contribution in [0.2, 0.25) is 5.02 Å². The molecule has 1 aromatic rings. The van der Waals surface area contributed by atoms with Gasteiger partial charge in [-0.1, -0.05) is 23.7 Å². The van der Waals surface area contributed by atoms with E-state index in [0.717, 1.165) is 14.2 Å². The van der Waals surface area contributed by atoms with E-state index in [1.54, 1.807) is 0 Å². The van der Waals surface area contributed by atoms with Gasteiger partial charge in [0.2, 0.25) is 0 Å². The summed E-state index contributed by atoms with van der Waals surface area (Å²) in [6, 6.07) is 5.85. The Kier molecular flexibility index (Phi) is 2.95. The van der Waals surface area contributed by atoms with E-state index in [1.165, 1.54) is 0 Å². The zero-order chi connectivity index (χ0) is 7.56. The molecule has 0 aliphatic heterocycles. The third kappa shape index (κ3) is 1.62. The van der Waals surface area contributed by atoms with Gasteiger partial charge in [0, 0.05) is 10.1 Å². The summed E-state index contributed by atoms with van der Waals surface area (Å²) in [5.41, 5.74) is 6.44. The van der Waals surface area contributed by atoms with Crippen LogP contribution >= 0.6 is 34.2 Å². The number of hydrogen-bond acceptors (Lipinski definition) is 1. The van der Waals surface area contributed by atoms with Crippen LogP contribution in [-0.2, 0) is 6.54 Å². The molecule has 0 aliphatic rings. The number of nitrogens with two attached hydrogens (primary N) is 1. The Morgan fingerprint density at radius 3 is 2.70 bits per heavy atom. The van der Waals surface area contributed by atoms with Crippen molar-refractivity contribution in [2.45, 2.75) is 6.54 Å². The molecule has 0 bridgehead atoms. The van der Waals surface area contributed by atoms with Crippen LogP contribution in [-0.4, -0.2) is 0 Å². The molecule has 0 heterocycles. The van der Waals surface area contributed by atoms with Gasteiger partial charge >= 0.3 is 0 Å². The van der Waals surface area contributed by atoms with Crippen molar-refractivity contribution in [2.24, 2.45) is 5.73 Å². The van der Waals surface area contributed by atoms with Gasteiger partial charge < -0.3 is 5.73 Å². The lowest BCUT2D eigenvalue weighted by molar-refractivity contribution is 1.07. The monoisotopic (exact) mass is 267 g/mol. The summed E-state index contributed by atoms with van der Waals surface area (Å²) in [7, 11) is 0. The van der Waals surface area contributed by atoms with Crippen molar-refractivity contribution < 1.29 is 0 Å². The second kappa shape index (κ2) is 3.55. The maximum absolute atomic E-state index is 5.91. The fraction of sp³-hybridized carbons (Fsp3) is 0.143. The predicted molar refractivity (Wildman–Crippen MR) is 52.1 cm³/mol. The van der Waals surface area contributed by atoms with E-state index in [1.807, 2.05) is 18.2 Å². The van der Waals surface area contributed by atoms with Crippen molar-refractivity contribution in [1.82, 2.24) is 0 Å². The lowest BCUT2D eigenvalue weighted by Crippen LogP contribution is -1.97. The van der Waals surface area contributed by atoms with Crippen LogP contribution < -0.4 is 5.73 Å². The highest BCUT2D eigenvalue weighted by molar-refractivity contribution is 14.1. The summed E-state index contributed by atoms with van der Waals surface area (Å²) in [6.45, 7) is 0.510. The van der Waals surface area contributed by atoms with Crippen molar-refractivity contribution in [1.29, 1.82) is 0 Å². The summed E-state index contributed by atoms with van der Waals surface area (Å²) >= 11 is 8.09. The van der Waals surface area contributed by atoms with Gasteiger partial charge in [-0.3, -0.25) is 0 Å². The number of benzene rings is 1. The smallest absolute Gasteiger partial charge is 0.0584 e. The van der Waals surface area contributed by atoms with Gasteiger partial charge in [-0.15, -0.1) is 0 Å². The van der Waals surface area contributed by atoms with Crippen LogP contribution in [0.1, 0.15) is 5.56 Å². The molecule has 1 aromatic carbocycles. The molecular formula is C7H7ClIN. The van der Waals surface area contributed by atoms with Crippen LogP contribution in [0.3, 0.4) is 0 Å². The molecular weight excluding hydrogens is 260 g/mol. The van der Waals surface area contributed by atoms with E-state index in [0.29, 0.717) is 6.54 Å². The van der Waals surface area contributed by atoms with Crippen molar-refractivity contribution in [3.8, 4) is 0 Å². The highest BCUT2D eigenvalue weighted by atomic mass is 127. The standard InChI is InChI=1S/C7H7ClIN/c8-7-5(4-10)2-1-3-6(7)9/h1-3H,4,10H2. The molecule has 0 amide bonds. The zero-order valence-electron chi connectivity index (χ0n) is 5.27. The molecule has 0 radical (unpaired) electrons. The minimum Gasteiger partial charge on any atom is -0.326 e. The summed E-state index contributed by atoms with van der Waals surface area (Å²) in [6.07, 6.45) is 0. The van der Waals surface area contributed by atoms with Gasteiger partial charge in [-0.05, 0) is 34.2 Å². The lowest BCUT2D eigenvalue weighted by Gasteiger charge is -2.00. The van der Waals surface area contributed by atoms with Gasteiger partial charge in [0.05, 0.1) is 5.02 Å². The highest BCUT2D eigenvalue weighted by Crippen LogP contribution is 2.21. The lowest BCUT2D eigenvalue weighted by atomic mass is 10.2. The van der Waals surface area contributed by atoms with Crippen molar-refractivity contribution in [3.05, 3.63) is 32.4 Å². The van der Waals surface area contributed by atoms with Gasteiger partial charge in [0.1, 0.15) is 0 Å². The summed E-state index contributed by atoms with van der Waals surface area (Å²) < 4.78 is 1.06. The van der Waals surface area contributed by atoms with E-state index >= 15 is 0 Å². The number of rotatable bonds is 1. The normalized spacial score (nSPS) is 9.90. The molecule has 2 N–H and O–H groups in total. The van der Waals surface area contributed by atoms with Crippen LogP contribution in [0.15, 0.2) is 18.2 Å². The summed E-state index contributed by atoms with van der Waals surface area (Å²) in [5.74, 6) is 0. The van der Waals surface area contributed by atoms with Crippen LogP contribution in [0.5, 0.6) is 0 Å². The van der Waals surface area contributed by atoms with Crippen LogP contribution in [0.25, 0.3) is 0 Å². The minimum absolute atomic E-state index is 0.510. The minimum atomic E-state index is 0.510. The maximum atomic E-state index is 5.91. The fourth-order valence-electron chi connectivity index (χ4n) is 0.706. The van der Waals surface area contributed by atoms with Crippen molar-refractivity contribution in [3.63, 3.8) is 0 Å². The van der Waals surface area contributed by atoms with Crippen molar-refractivity contribution in [2.75, 3.05) is 0 Å². The Bertz CT molecular complexity index is 237. The molecule has 1 nitrogen and oxygen atoms in total. The first-order valence-electron chi connectivity index (χ1n) is 2.88. The van der Waals surface area contributed by atoms with Gasteiger partial charge in [-0.25, -0.2) is 0 Å². The topological polar surface area (TPSA) is 26.0 Å². The first-order chi connectivity index (χ1) is 4.75. The molecule has 54 valence electrons. The number of halogens is 2. The van der Waals surface area contributed by atoms with Crippen molar-refractivity contribution >= 4 is 34.2 Å². The molecule has 3 heteroatoms. The average molecular weight is 267 g/mol. The first kappa shape index (κ1) is 8.30. The fourth-order valence-corrected chi connectivity index (χ4v) is 1.46. The quantitative estimate of drug-likeness (QED) is 0.777. The van der Waals surface area contributed by atoms with Gasteiger partial charge in [0.15, 0.2) is 0 Å². The Morgan fingerprint density at radius 2 is 2.20 bits per heavy atom. The molecule has 0 saturated heterocycles. The Labute approximate surface area is 78.7 Å².